The smallest absolute Gasteiger partial charge is 0.269 e. The number of para-hydroxylation sites is 1. The first-order valence-electron chi connectivity index (χ1n) is 8.40. The Labute approximate surface area is 152 Å². The largest absolute Gasteiger partial charge is 0.460 e. The summed E-state index contributed by atoms with van der Waals surface area (Å²) in [5, 5.41) is 7.26. The maximum absolute atomic E-state index is 12.6. The number of hydrogen-bond acceptors (Lipinski definition) is 4. The molecule has 0 radical (unpaired) electrons. The summed E-state index contributed by atoms with van der Waals surface area (Å²) < 4.78 is 7.66. The predicted octanol–water partition coefficient (Wildman–Crippen LogP) is 3.68. The van der Waals surface area contributed by atoms with Gasteiger partial charge >= 0.3 is 0 Å². The van der Waals surface area contributed by atoms with Crippen LogP contribution in [0.2, 0.25) is 0 Å². The number of aryl methyl sites for hydroxylation is 2. The van der Waals surface area contributed by atoms with Gasteiger partial charge in [0.05, 0.1) is 5.69 Å². The highest BCUT2D eigenvalue weighted by atomic mass is 16.5. The van der Waals surface area contributed by atoms with Crippen LogP contribution in [0.5, 0.6) is 5.88 Å². The van der Waals surface area contributed by atoms with E-state index in [1.807, 2.05) is 62.5 Å². The van der Waals surface area contributed by atoms with Gasteiger partial charge in [-0.1, -0.05) is 18.2 Å². The van der Waals surface area contributed by atoms with Gasteiger partial charge in [0.1, 0.15) is 5.82 Å². The van der Waals surface area contributed by atoms with Gasteiger partial charge in [-0.15, -0.1) is 5.10 Å². The van der Waals surface area contributed by atoms with E-state index in [-0.39, 0.29) is 5.91 Å². The van der Waals surface area contributed by atoms with Crippen molar-refractivity contribution in [3.8, 4) is 11.6 Å². The van der Waals surface area contributed by atoms with E-state index in [4.69, 9.17) is 4.74 Å². The zero-order valence-corrected chi connectivity index (χ0v) is 15.4. The van der Waals surface area contributed by atoms with Gasteiger partial charge < -0.3 is 10.1 Å². The summed E-state index contributed by atoms with van der Waals surface area (Å²) in [5.74, 6) is 0.633. The lowest BCUT2D eigenvalue weighted by molar-refractivity contribution is -0.128. The Balaban J connectivity index is 1.76. The number of nitrogens with one attached hydrogen (secondary N) is 1. The molecule has 0 saturated heterocycles. The molecule has 6 heteroatoms. The molecule has 134 valence electrons. The van der Waals surface area contributed by atoms with Crippen LogP contribution in [0.15, 0.2) is 54.9 Å². The monoisotopic (exact) mass is 350 g/mol. The van der Waals surface area contributed by atoms with Crippen molar-refractivity contribution in [1.29, 1.82) is 0 Å². The van der Waals surface area contributed by atoms with Crippen molar-refractivity contribution in [2.75, 3.05) is 5.32 Å². The lowest BCUT2D eigenvalue weighted by atomic mass is 10.1. The van der Waals surface area contributed by atoms with Gasteiger partial charge in [0, 0.05) is 18.0 Å². The van der Waals surface area contributed by atoms with Crippen molar-refractivity contribution < 1.29 is 9.53 Å². The lowest BCUT2D eigenvalue weighted by Crippen LogP contribution is -2.43. The van der Waals surface area contributed by atoms with Gasteiger partial charge in [0.15, 0.2) is 5.60 Å². The average molecular weight is 350 g/mol. The van der Waals surface area contributed by atoms with Gasteiger partial charge in [-0.25, -0.2) is 9.67 Å². The number of hydrogen-bond donors (Lipinski definition) is 1. The standard InChI is InChI=1S/C20H22N4O2/c1-14-10-11-21-17(12-14)22-19(25)20(3,4)26-18-15(2)13-24(23-18)16-8-6-5-7-9-16/h5-13H,1-4H3,(H,21,22,25). The van der Waals surface area contributed by atoms with Crippen LogP contribution in [0.3, 0.4) is 0 Å². The fourth-order valence-corrected chi connectivity index (χ4v) is 2.42. The third-order valence-electron chi connectivity index (χ3n) is 3.93. The predicted molar refractivity (Wildman–Crippen MR) is 101 cm³/mol. The Bertz CT molecular complexity index is 917. The highest BCUT2D eigenvalue weighted by Gasteiger charge is 2.32. The van der Waals surface area contributed by atoms with Crippen LogP contribution in [0, 0.1) is 13.8 Å². The van der Waals surface area contributed by atoms with Crippen molar-refractivity contribution in [2.45, 2.75) is 33.3 Å². The Morgan fingerprint density at radius 1 is 1.15 bits per heavy atom. The summed E-state index contributed by atoms with van der Waals surface area (Å²) in [6.45, 7) is 7.26. The SMILES string of the molecule is Cc1ccnc(NC(=O)C(C)(C)Oc2nn(-c3ccccc3)cc2C)c1. The number of carbonyl (C=O) groups excluding carboxylic acids is 1. The first kappa shape index (κ1) is 17.7. The number of pyridine rings is 1. The summed E-state index contributed by atoms with van der Waals surface area (Å²) in [6.07, 6.45) is 3.53. The maximum atomic E-state index is 12.6. The van der Waals surface area contributed by atoms with Crippen molar-refractivity contribution in [3.63, 3.8) is 0 Å². The molecule has 2 heterocycles. The third-order valence-corrected chi connectivity index (χ3v) is 3.93. The summed E-state index contributed by atoms with van der Waals surface area (Å²) >= 11 is 0. The average Bonchev–Trinajstić information content (AvgIpc) is 2.96. The van der Waals surface area contributed by atoms with Crippen LogP contribution in [-0.4, -0.2) is 26.3 Å². The van der Waals surface area contributed by atoms with Crippen LogP contribution in [0.1, 0.15) is 25.0 Å². The van der Waals surface area contributed by atoms with Crippen molar-refractivity contribution in [1.82, 2.24) is 14.8 Å². The second-order valence-electron chi connectivity index (χ2n) is 6.68. The highest BCUT2D eigenvalue weighted by Crippen LogP contribution is 2.23. The molecule has 0 saturated carbocycles. The molecule has 3 aromatic rings. The molecule has 0 bridgehead atoms. The van der Waals surface area contributed by atoms with Crippen LogP contribution in [-0.2, 0) is 4.79 Å². The second kappa shape index (κ2) is 7.00. The molecule has 1 N–H and O–H groups in total. The summed E-state index contributed by atoms with van der Waals surface area (Å²) in [6, 6.07) is 13.4. The van der Waals surface area contributed by atoms with E-state index in [1.165, 1.54) is 0 Å². The summed E-state index contributed by atoms with van der Waals surface area (Å²) in [7, 11) is 0. The molecular formula is C20H22N4O2. The number of carbonyl (C=O) groups is 1. The van der Waals surface area contributed by atoms with Gasteiger partial charge in [-0.2, -0.15) is 0 Å². The molecule has 26 heavy (non-hydrogen) atoms. The molecule has 0 atom stereocenters. The Hall–Kier alpha value is -3.15. The second-order valence-corrected chi connectivity index (χ2v) is 6.68. The molecule has 0 aliphatic heterocycles. The summed E-state index contributed by atoms with van der Waals surface area (Å²) in [5.41, 5.74) is 1.69. The lowest BCUT2D eigenvalue weighted by Gasteiger charge is -2.24. The molecule has 1 amide bonds. The Morgan fingerprint density at radius 2 is 1.88 bits per heavy atom. The quantitative estimate of drug-likeness (QED) is 0.762. The van der Waals surface area contributed by atoms with Crippen LogP contribution in [0.4, 0.5) is 5.82 Å². The number of anilines is 1. The molecule has 1 aromatic carbocycles. The van der Waals surface area contributed by atoms with Crippen LogP contribution < -0.4 is 10.1 Å². The van der Waals surface area contributed by atoms with Crippen LogP contribution >= 0.6 is 0 Å². The van der Waals surface area contributed by atoms with E-state index in [1.54, 1.807) is 24.7 Å². The molecule has 0 unspecified atom stereocenters. The number of aromatic nitrogens is 3. The van der Waals surface area contributed by atoms with E-state index in [2.05, 4.69) is 15.4 Å². The Kier molecular flexibility index (Phi) is 4.75. The number of rotatable bonds is 5. The zero-order valence-electron chi connectivity index (χ0n) is 15.4. The van der Waals surface area contributed by atoms with Gasteiger partial charge in [0.25, 0.3) is 5.91 Å². The van der Waals surface area contributed by atoms with E-state index < -0.39 is 5.60 Å². The molecule has 6 nitrogen and oxygen atoms in total. The minimum atomic E-state index is -1.11. The maximum Gasteiger partial charge on any atom is 0.269 e. The van der Waals surface area contributed by atoms with Crippen molar-refractivity contribution in [3.05, 3.63) is 66.0 Å². The number of nitrogens with zero attached hydrogens (tertiary/aromatic N) is 3. The fourth-order valence-electron chi connectivity index (χ4n) is 2.42. The van der Waals surface area contributed by atoms with Crippen molar-refractivity contribution in [2.24, 2.45) is 0 Å². The number of ether oxygens (including phenoxy) is 1. The summed E-state index contributed by atoms with van der Waals surface area (Å²) in [4.78, 5) is 16.8. The van der Waals surface area contributed by atoms with Gasteiger partial charge in [-0.05, 0) is 57.5 Å². The zero-order chi connectivity index (χ0) is 18.7. The molecule has 2 aromatic heterocycles. The van der Waals surface area contributed by atoms with Crippen molar-refractivity contribution >= 4 is 11.7 Å². The number of amides is 1. The molecule has 0 aliphatic rings. The first-order chi connectivity index (χ1) is 12.3. The van der Waals surface area contributed by atoms with Crippen LogP contribution in [0.25, 0.3) is 5.69 Å². The van der Waals surface area contributed by atoms with E-state index in [0.717, 1.165) is 16.8 Å². The molecule has 0 fully saturated rings. The number of benzene rings is 1. The first-order valence-corrected chi connectivity index (χ1v) is 8.40. The Morgan fingerprint density at radius 3 is 2.58 bits per heavy atom. The third kappa shape index (κ3) is 3.91. The molecule has 0 aliphatic carbocycles. The molecule has 3 rings (SSSR count). The van der Waals surface area contributed by atoms with Gasteiger partial charge in [-0.3, -0.25) is 4.79 Å². The fraction of sp³-hybridized carbons (Fsp3) is 0.250. The van der Waals surface area contributed by atoms with E-state index in [9.17, 15) is 4.79 Å². The van der Waals surface area contributed by atoms with E-state index in [0.29, 0.717) is 11.7 Å². The molecular weight excluding hydrogens is 328 g/mol. The topological polar surface area (TPSA) is 69.0 Å². The minimum absolute atomic E-state index is 0.288. The molecule has 0 spiro atoms. The normalized spacial score (nSPS) is 11.2. The minimum Gasteiger partial charge on any atom is -0.460 e. The highest BCUT2D eigenvalue weighted by molar-refractivity contribution is 5.96. The van der Waals surface area contributed by atoms with Gasteiger partial charge in [0.2, 0.25) is 5.88 Å². The van der Waals surface area contributed by atoms with E-state index >= 15 is 0 Å².